The molecule has 1 aliphatic heterocycles. The monoisotopic (exact) mass is 291 g/mol. The van der Waals surface area contributed by atoms with Gasteiger partial charge in [-0.05, 0) is 37.8 Å². The van der Waals surface area contributed by atoms with Crippen molar-refractivity contribution >= 4 is 17.7 Å². The number of aromatic nitrogens is 1. The number of urea groups is 1. The molecule has 114 valence electrons. The van der Waals surface area contributed by atoms with Crippen LogP contribution in [0, 0.1) is 6.92 Å². The fourth-order valence-corrected chi connectivity index (χ4v) is 2.99. The minimum Gasteiger partial charge on any atom is -0.479 e. The van der Waals surface area contributed by atoms with Crippen LogP contribution in [0.5, 0.6) is 0 Å². The van der Waals surface area contributed by atoms with Crippen LogP contribution >= 0.6 is 0 Å². The van der Waals surface area contributed by atoms with Crippen LogP contribution in [0.3, 0.4) is 0 Å². The first-order chi connectivity index (χ1) is 9.99. The number of aryl methyl sites for hydroxylation is 1. The molecule has 0 bridgehead atoms. The van der Waals surface area contributed by atoms with Crippen LogP contribution in [0.25, 0.3) is 0 Å². The maximum Gasteiger partial charge on any atom is 0.329 e. The van der Waals surface area contributed by atoms with Gasteiger partial charge in [0.1, 0.15) is 5.54 Å². The van der Waals surface area contributed by atoms with Gasteiger partial charge in [-0.3, -0.25) is 4.98 Å². The Hall–Kier alpha value is -2.11. The van der Waals surface area contributed by atoms with Crippen LogP contribution in [0.4, 0.5) is 10.5 Å². The molecule has 0 aromatic carbocycles. The van der Waals surface area contributed by atoms with Crippen molar-refractivity contribution in [2.75, 3.05) is 11.9 Å². The summed E-state index contributed by atoms with van der Waals surface area (Å²) in [5.41, 5.74) is 0.450. The topological polar surface area (TPSA) is 82.5 Å². The number of anilines is 1. The molecule has 0 saturated carbocycles. The average molecular weight is 291 g/mol. The number of carbonyl (C=O) groups is 2. The third-order valence-electron chi connectivity index (χ3n) is 3.92. The molecule has 2 N–H and O–H groups in total. The highest BCUT2D eigenvalue weighted by molar-refractivity contribution is 5.94. The lowest BCUT2D eigenvalue weighted by atomic mass is 9.91. The molecule has 1 atom stereocenters. The Morgan fingerprint density at radius 3 is 2.86 bits per heavy atom. The van der Waals surface area contributed by atoms with E-state index < -0.39 is 11.5 Å². The van der Waals surface area contributed by atoms with Crippen molar-refractivity contribution in [2.45, 2.75) is 45.1 Å². The second-order valence-corrected chi connectivity index (χ2v) is 5.52. The van der Waals surface area contributed by atoms with Gasteiger partial charge in [0.2, 0.25) is 0 Å². The summed E-state index contributed by atoms with van der Waals surface area (Å²) in [5, 5.41) is 12.3. The lowest BCUT2D eigenvalue weighted by Gasteiger charge is -2.34. The first-order valence-electron chi connectivity index (χ1n) is 7.23. The number of carbonyl (C=O) groups excluding carboxylic acids is 1. The van der Waals surface area contributed by atoms with E-state index in [2.05, 4.69) is 10.3 Å². The number of nitrogens with zero attached hydrogens (tertiary/aromatic N) is 2. The molecule has 1 fully saturated rings. The van der Waals surface area contributed by atoms with Crippen LogP contribution in [-0.4, -0.2) is 39.1 Å². The second kappa shape index (κ2) is 6.11. The normalized spacial score (nSPS) is 21.3. The van der Waals surface area contributed by atoms with Crippen LogP contribution in [-0.2, 0) is 4.79 Å². The van der Waals surface area contributed by atoms with E-state index in [1.807, 2.05) is 19.9 Å². The number of hydrogen-bond donors (Lipinski definition) is 2. The van der Waals surface area contributed by atoms with Gasteiger partial charge in [0, 0.05) is 12.7 Å². The van der Waals surface area contributed by atoms with Gasteiger partial charge >= 0.3 is 12.0 Å². The number of rotatable bonds is 4. The smallest absolute Gasteiger partial charge is 0.329 e. The van der Waals surface area contributed by atoms with Gasteiger partial charge in [-0.15, -0.1) is 0 Å². The summed E-state index contributed by atoms with van der Waals surface area (Å²) >= 11 is 0. The molecule has 1 saturated heterocycles. The van der Waals surface area contributed by atoms with Gasteiger partial charge in [0.05, 0.1) is 11.9 Å². The van der Waals surface area contributed by atoms with Crippen molar-refractivity contribution in [3.05, 3.63) is 24.0 Å². The zero-order chi connectivity index (χ0) is 15.5. The molecule has 0 radical (unpaired) electrons. The van der Waals surface area contributed by atoms with E-state index in [1.165, 1.54) is 4.90 Å². The highest BCUT2D eigenvalue weighted by Gasteiger charge is 2.49. The number of carboxylic acid groups (broad SMARTS) is 1. The number of carboxylic acids is 1. The molecule has 1 aromatic heterocycles. The Morgan fingerprint density at radius 1 is 1.48 bits per heavy atom. The van der Waals surface area contributed by atoms with Crippen molar-refractivity contribution < 1.29 is 14.7 Å². The van der Waals surface area contributed by atoms with E-state index in [-0.39, 0.29) is 6.03 Å². The highest BCUT2D eigenvalue weighted by atomic mass is 16.4. The molecule has 1 aliphatic rings. The molecule has 1 unspecified atom stereocenters. The lowest BCUT2D eigenvalue weighted by Crippen LogP contribution is -2.54. The van der Waals surface area contributed by atoms with Gasteiger partial charge in [-0.2, -0.15) is 0 Å². The molecule has 0 spiro atoms. The van der Waals surface area contributed by atoms with Crippen LogP contribution in [0.2, 0.25) is 0 Å². The third-order valence-corrected chi connectivity index (χ3v) is 3.92. The summed E-state index contributed by atoms with van der Waals surface area (Å²) in [6.07, 6.45) is 5.68. The maximum absolute atomic E-state index is 12.4. The molecular weight excluding hydrogens is 270 g/mol. The largest absolute Gasteiger partial charge is 0.479 e. The van der Waals surface area contributed by atoms with Crippen LogP contribution in [0.15, 0.2) is 18.5 Å². The van der Waals surface area contributed by atoms with Gasteiger partial charge in [0.25, 0.3) is 0 Å². The summed E-state index contributed by atoms with van der Waals surface area (Å²) in [6.45, 7) is 4.29. The Bertz CT molecular complexity index is 547. The first-order valence-corrected chi connectivity index (χ1v) is 7.23. The number of pyridine rings is 1. The quantitative estimate of drug-likeness (QED) is 0.893. The summed E-state index contributed by atoms with van der Waals surface area (Å²) in [7, 11) is 0. The molecule has 6 heteroatoms. The number of amides is 2. The highest BCUT2D eigenvalue weighted by Crippen LogP contribution is 2.34. The molecular formula is C15H21N3O3. The van der Waals surface area contributed by atoms with Gasteiger partial charge in [0.15, 0.2) is 0 Å². The second-order valence-electron chi connectivity index (χ2n) is 5.52. The SMILES string of the molecule is CCCC1(C(=O)O)CCCN1C(=O)Nc1cncc(C)c1. The number of hydrogen-bond acceptors (Lipinski definition) is 3. The summed E-state index contributed by atoms with van der Waals surface area (Å²) in [4.78, 5) is 29.6. The lowest BCUT2D eigenvalue weighted by molar-refractivity contribution is -0.148. The van der Waals surface area contributed by atoms with E-state index in [0.29, 0.717) is 31.5 Å². The van der Waals surface area contributed by atoms with Crippen LogP contribution < -0.4 is 5.32 Å². The van der Waals surface area contributed by atoms with Crippen molar-refractivity contribution in [3.63, 3.8) is 0 Å². The zero-order valence-electron chi connectivity index (χ0n) is 12.4. The fourth-order valence-electron chi connectivity index (χ4n) is 2.99. The Morgan fingerprint density at radius 2 is 2.24 bits per heavy atom. The zero-order valence-corrected chi connectivity index (χ0v) is 12.4. The predicted octanol–water partition coefficient (Wildman–Crippen LogP) is 2.64. The summed E-state index contributed by atoms with van der Waals surface area (Å²) in [5.74, 6) is -0.917. The van der Waals surface area contributed by atoms with E-state index in [0.717, 1.165) is 12.0 Å². The average Bonchev–Trinajstić information content (AvgIpc) is 2.84. The fraction of sp³-hybridized carbons (Fsp3) is 0.533. The van der Waals surface area contributed by atoms with E-state index in [1.54, 1.807) is 12.4 Å². The van der Waals surface area contributed by atoms with Gasteiger partial charge < -0.3 is 15.3 Å². The molecule has 6 nitrogen and oxygen atoms in total. The van der Waals surface area contributed by atoms with E-state index >= 15 is 0 Å². The maximum atomic E-state index is 12.4. The number of likely N-dealkylation sites (tertiary alicyclic amines) is 1. The summed E-state index contributed by atoms with van der Waals surface area (Å²) in [6, 6.07) is 1.44. The number of aliphatic carboxylic acids is 1. The minimum absolute atomic E-state index is 0.365. The predicted molar refractivity (Wildman–Crippen MR) is 79.2 cm³/mol. The molecule has 21 heavy (non-hydrogen) atoms. The molecule has 1 aromatic rings. The molecule has 0 aliphatic carbocycles. The van der Waals surface area contributed by atoms with Crippen molar-refractivity contribution in [3.8, 4) is 0 Å². The third kappa shape index (κ3) is 2.99. The van der Waals surface area contributed by atoms with Crippen molar-refractivity contribution in [1.29, 1.82) is 0 Å². The first kappa shape index (κ1) is 15.3. The Balaban J connectivity index is 2.19. The molecule has 2 heterocycles. The van der Waals surface area contributed by atoms with Gasteiger partial charge in [-0.1, -0.05) is 13.3 Å². The van der Waals surface area contributed by atoms with E-state index in [9.17, 15) is 14.7 Å². The van der Waals surface area contributed by atoms with E-state index in [4.69, 9.17) is 0 Å². The van der Waals surface area contributed by atoms with Crippen molar-refractivity contribution in [2.24, 2.45) is 0 Å². The Kier molecular flexibility index (Phi) is 4.45. The van der Waals surface area contributed by atoms with Gasteiger partial charge in [-0.25, -0.2) is 9.59 Å². The Labute approximate surface area is 124 Å². The molecule has 2 amide bonds. The minimum atomic E-state index is -1.07. The van der Waals surface area contributed by atoms with Crippen LogP contribution in [0.1, 0.15) is 38.2 Å². The standard InChI is InChI=1S/C15H21N3O3/c1-3-5-15(13(19)20)6-4-7-18(15)14(21)17-12-8-11(2)9-16-10-12/h8-10H,3-7H2,1-2H3,(H,17,21)(H,19,20). The number of nitrogens with one attached hydrogen (secondary N) is 1. The van der Waals surface area contributed by atoms with Crippen molar-refractivity contribution in [1.82, 2.24) is 9.88 Å². The summed E-state index contributed by atoms with van der Waals surface area (Å²) < 4.78 is 0. The molecule has 2 rings (SSSR count).